The Balaban J connectivity index is 2.53. The molecule has 0 saturated heterocycles. The molecule has 0 aliphatic carbocycles. The van der Waals surface area contributed by atoms with Gasteiger partial charge >= 0.3 is 5.97 Å². The number of aromatic carboxylic acids is 1. The fraction of sp³-hybridized carbons (Fsp3) is 0.143. The van der Waals surface area contributed by atoms with E-state index in [1.165, 1.54) is 6.07 Å². The minimum absolute atomic E-state index is 0.243. The molecule has 0 aliphatic rings. The van der Waals surface area contributed by atoms with Crippen LogP contribution < -0.4 is 10.9 Å². The summed E-state index contributed by atoms with van der Waals surface area (Å²) in [7, 11) is 1.82. The highest BCUT2D eigenvalue weighted by Crippen LogP contribution is 2.22. The smallest absolute Gasteiger partial charge is 0.341 e. The van der Waals surface area contributed by atoms with Gasteiger partial charge in [0.2, 0.25) is 0 Å². The quantitative estimate of drug-likeness (QED) is 0.787. The van der Waals surface area contributed by atoms with Crippen molar-refractivity contribution in [3.8, 4) is 11.3 Å². The molecule has 0 saturated carbocycles. The summed E-state index contributed by atoms with van der Waals surface area (Å²) in [6.07, 6.45) is 0. The van der Waals surface area contributed by atoms with E-state index in [9.17, 15) is 9.59 Å². The lowest BCUT2D eigenvalue weighted by atomic mass is 10.0. The van der Waals surface area contributed by atoms with Gasteiger partial charge in [-0.05, 0) is 36.2 Å². The molecule has 1 heterocycles. The Morgan fingerprint density at radius 1 is 1.26 bits per heavy atom. The van der Waals surface area contributed by atoms with Crippen LogP contribution in [-0.4, -0.2) is 23.1 Å². The number of aryl methyl sites for hydroxylation is 1. The Morgan fingerprint density at radius 2 is 1.89 bits per heavy atom. The van der Waals surface area contributed by atoms with Gasteiger partial charge in [0.25, 0.3) is 5.56 Å². The third kappa shape index (κ3) is 2.49. The number of carboxylic acid groups (broad SMARTS) is 1. The van der Waals surface area contributed by atoms with Crippen LogP contribution in [0.3, 0.4) is 0 Å². The fourth-order valence-electron chi connectivity index (χ4n) is 1.90. The molecule has 19 heavy (non-hydrogen) atoms. The number of aromatic nitrogens is 1. The van der Waals surface area contributed by atoms with Gasteiger partial charge in [0.15, 0.2) is 0 Å². The predicted octanol–water partition coefficient (Wildman–Crippen LogP) is 2.09. The molecule has 2 rings (SSSR count). The molecule has 0 unspecified atom stereocenters. The highest BCUT2D eigenvalue weighted by molar-refractivity contribution is 5.88. The molecule has 0 radical (unpaired) electrons. The van der Waals surface area contributed by atoms with Crippen molar-refractivity contribution < 1.29 is 9.90 Å². The van der Waals surface area contributed by atoms with Crippen LogP contribution in [0.25, 0.3) is 11.3 Å². The van der Waals surface area contributed by atoms with E-state index >= 15 is 0 Å². The number of rotatable bonds is 3. The number of nitrogens with one attached hydrogen (secondary N) is 2. The summed E-state index contributed by atoms with van der Waals surface area (Å²) in [4.78, 5) is 25.2. The largest absolute Gasteiger partial charge is 0.477 e. The molecule has 0 fully saturated rings. The van der Waals surface area contributed by atoms with Gasteiger partial charge in [-0.2, -0.15) is 0 Å². The highest BCUT2D eigenvalue weighted by atomic mass is 16.4. The molecule has 1 aromatic heterocycles. The van der Waals surface area contributed by atoms with Crippen molar-refractivity contribution in [2.45, 2.75) is 6.92 Å². The number of aromatic amines is 1. The zero-order valence-electron chi connectivity index (χ0n) is 10.7. The number of hydrogen-bond donors (Lipinski definition) is 3. The van der Waals surface area contributed by atoms with E-state index in [4.69, 9.17) is 5.11 Å². The van der Waals surface area contributed by atoms with Crippen molar-refractivity contribution in [1.29, 1.82) is 0 Å². The van der Waals surface area contributed by atoms with Crippen molar-refractivity contribution in [3.63, 3.8) is 0 Å². The lowest BCUT2D eigenvalue weighted by Crippen LogP contribution is -2.18. The molecular weight excluding hydrogens is 244 g/mol. The maximum Gasteiger partial charge on any atom is 0.341 e. The molecule has 0 bridgehead atoms. The molecule has 0 spiro atoms. The molecule has 98 valence electrons. The van der Waals surface area contributed by atoms with E-state index < -0.39 is 11.5 Å². The maximum atomic E-state index is 11.7. The first-order valence-corrected chi connectivity index (χ1v) is 5.78. The summed E-state index contributed by atoms with van der Waals surface area (Å²) in [5.41, 5.74) is 2.32. The highest BCUT2D eigenvalue weighted by Gasteiger charge is 2.12. The molecular formula is C14H14N2O3. The van der Waals surface area contributed by atoms with Crippen LogP contribution in [0.1, 0.15) is 15.9 Å². The predicted molar refractivity (Wildman–Crippen MR) is 73.7 cm³/mol. The average Bonchev–Trinajstić information content (AvgIpc) is 2.41. The van der Waals surface area contributed by atoms with Crippen LogP contribution in [-0.2, 0) is 0 Å². The Hall–Kier alpha value is -2.56. The standard InChI is InChI=1S/C14H14N2O3/c1-8-7-11(14(18)19)13(17)16-12(8)9-3-5-10(15-2)6-4-9/h3-7,15H,1-2H3,(H,16,17)(H,18,19). The number of carboxylic acids is 1. The van der Waals surface area contributed by atoms with Crippen molar-refractivity contribution in [1.82, 2.24) is 4.98 Å². The third-order valence-electron chi connectivity index (χ3n) is 2.93. The first-order chi connectivity index (χ1) is 9.02. The van der Waals surface area contributed by atoms with E-state index in [1.807, 2.05) is 31.3 Å². The normalized spacial score (nSPS) is 10.2. The molecule has 0 aliphatic heterocycles. The summed E-state index contributed by atoms with van der Waals surface area (Å²) >= 11 is 0. The van der Waals surface area contributed by atoms with E-state index in [1.54, 1.807) is 6.92 Å². The first-order valence-electron chi connectivity index (χ1n) is 5.78. The SMILES string of the molecule is CNc1ccc(-c2[nH]c(=O)c(C(=O)O)cc2C)cc1. The fourth-order valence-corrected chi connectivity index (χ4v) is 1.90. The second kappa shape index (κ2) is 4.97. The number of carbonyl (C=O) groups is 1. The molecule has 0 amide bonds. The Labute approximate surface area is 109 Å². The number of anilines is 1. The van der Waals surface area contributed by atoms with Crippen molar-refractivity contribution in [3.05, 3.63) is 51.8 Å². The maximum absolute atomic E-state index is 11.7. The van der Waals surface area contributed by atoms with E-state index in [0.717, 1.165) is 11.3 Å². The zero-order valence-corrected chi connectivity index (χ0v) is 10.7. The van der Waals surface area contributed by atoms with Crippen LogP contribution >= 0.6 is 0 Å². The molecule has 0 atom stereocenters. The Morgan fingerprint density at radius 3 is 2.42 bits per heavy atom. The zero-order chi connectivity index (χ0) is 14.0. The summed E-state index contributed by atoms with van der Waals surface area (Å²) < 4.78 is 0. The summed E-state index contributed by atoms with van der Waals surface area (Å²) in [6.45, 7) is 1.77. The summed E-state index contributed by atoms with van der Waals surface area (Å²) in [5.74, 6) is -1.22. The number of benzene rings is 1. The second-order valence-electron chi connectivity index (χ2n) is 4.20. The van der Waals surface area contributed by atoms with Gasteiger partial charge < -0.3 is 15.4 Å². The van der Waals surface area contributed by atoms with Gasteiger partial charge in [-0.3, -0.25) is 4.79 Å². The minimum Gasteiger partial charge on any atom is -0.477 e. The van der Waals surface area contributed by atoms with Crippen molar-refractivity contribution >= 4 is 11.7 Å². The van der Waals surface area contributed by atoms with Gasteiger partial charge in [-0.1, -0.05) is 12.1 Å². The van der Waals surface area contributed by atoms with E-state index in [0.29, 0.717) is 11.3 Å². The Bertz CT molecular complexity index is 672. The van der Waals surface area contributed by atoms with Gasteiger partial charge in [0.05, 0.1) is 5.69 Å². The van der Waals surface area contributed by atoms with Crippen molar-refractivity contribution in [2.75, 3.05) is 12.4 Å². The van der Waals surface area contributed by atoms with Crippen molar-refractivity contribution in [2.24, 2.45) is 0 Å². The lowest BCUT2D eigenvalue weighted by molar-refractivity contribution is 0.0695. The van der Waals surface area contributed by atoms with Gasteiger partial charge in [0, 0.05) is 12.7 Å². The second-order valence-corrected chi connectivity index (χ2v) is 4.20. The van der Waals surface area contributed by atoms with E-state index in [-0.39, 0.29) is 5.56 Å². The van der Waals surface area contributed by atoms with Crippen LogP contribution in [0.2, 0.25) is 0 Å². The lowest BCUT2D eigenvalue weighted by Gasteiger charge is -2.08. The first kappa shape index (κ1) is 12.9. The van der Waals surface area contributed by atoms with Crippen LogP contribution in [0.15, 0.2) is 35.1 Å². The van der Waals surface area contributed by atoms with Gasteiger partial charge in [-0.25, -0.2) is 4.79 Å². The third-order valence-corrected chi connectivity index (χ3v) is 2.93. The summed E-state index contributed by atoms with van der Waals surface area (Å²) in [6, 6.07) is 8.90. The van der Waals surface area contributed by atoms with Crippen LogP contribution in [0, 0.1) is 6.92 Å². The molecule has 2 aromatic rings. The molecule has 1 aromatic carbocycles. The molecule has 5 nitrogen and oxygen atoms in total. The molecule has 5 heteroatoms. The number of H-pyrrole nitrogens is 1. The van der Waals surface area contributed by atoms with Gasteiger partial charge in [0.1, 0.15) is 5.56 Å². The molecule has 3 N–H and O–H groups in total. The number of hydrogen-bond acceptors (Lipinski definition) is 3. The van der Waals surface area contributed by atoms with Crippen LogP contribution in [0.5, 0.6) is 0 Å². The topological polar surface area (TPSA) is 82.2 Å². The monoisotopic (exact) mass is 258 g/mol. The van der Waals surface area contributed by atoms with E-state index in [2.05, 4.69) is 10.3 Å². The minimum atomic E-state index is -1.22. The Kier molecular flexibility index (Phi) is 3.37. The average molecular weight is 258 g/mol. The summed E-state index contributed by atoms with van der Waals surface area (Å²) in [5, 5.41) is 11.9. The number of pyridine rings is 1. The van der Waals surface area contributed by atoms with Crippen LogP contribution in [0.4, 0.5) is 5.69 Å². The van der Waals surface area contributed by atoms with Gasteiger partial charge in [-0.15, -0.1) is 0 Å².